The fourth-order valence-corrected chi connectivity index (χ4v) is 4.72. The van der Waals surface area contributed by atoms with Gasteiger partial charge in [-0.25, -0.2) is 0 Å². The molecule has 1 aliphatic heterocycles. The quantitative estimate of drug-likeness (QED) is 0.486. The average Bonchev–Trinajstić information content (AvgIpc) is 2.98. The van der Waals surface area contributed by atoms with Gasteiger partial charge in [-0.3, -0.25) is 9.80 Å². The SMILES string of the molecule is Cc1ccc(OC[C@@]2(O)CCCN(Cc3ccc(OCCN(C(C)C)C(C)C)cc3)CC2)cc1. The van der Waals surface area contributed by atoms with Gasteiger partial charge < -0.3 is 14.6 Å². The number of rotatable bonds is 11. The highest BCUT2D eigenvalue weighted by Crippen LogP contribution is 2.25. The van der Waals surface area contributed by atoms with Crippen LogP contribution in [-0.4, -0.2) is 65.4 Å². The van der Waals surface area contributed by atoms with Crippen LogP contribution in [0.2, 0.25) is 0 Å². The summed E-state index contributed by atoms with van der Waals surface area (Å²) in [6.45, 7) is 15.7. The summed E-state index contributed by atoms with van der Waals surface area (Å²) in [7, 11) is 0. The van der Waals surface area contributed by atoms with Crippen molar-refractivity contribution in [3.05, 3.63) is 59.7 Å². The van der Waals surface area contributed by atoms with Crippen molar-refractivity contribution in [1.82, 2.24) is 9.80 Å². The largest absolute Gasteiger partial charge is 0.492 e. The smallest absolute Gasteiger partial charge is 0.119 e. The lowest BCUT2D eigenvalue weighted by Gasteiger charge is -2.30. The van der Waals surface area contributed by atoms with Gasteiger partial charge in [0, 0.05) is 31.7 Å². The number of aliphatic hydroxyl groups is 1. The molecule has 5 heteroatoms. The van der Waals surface area contributed by atoms with Gasteiger partial charge in [0.05, 0.1) is 5.60 Å². The van der Waals surface area contributed by atoms with E-state index in [1.807, 2.05) is 24.3 Å². The second kappa shape index (κ2) is 12.6. The first-order chi connectivity index (χ1) is 16.2. The molecule has 1 N–H and O–H groups in total. The second-order valence-electron chi connectivity index (χ2n) is 10.4. The van der Waals surface area contributed by atoms with Gasteiger partial charge in [0.2, 0.25) is 0 Å². The first kappa shape index (κ1) is 26.5. The first-order valence-electron chi connectivity index (χ1n) is 12.9. The first-order valence-corrected chi connectivity index (χ1v) is 12.9. The van der Waals surface area contributed by atoms with E-state index in [1.165, 1.54) is 11.1 Å². The minimum absolute atomic E-state index is 0.348. The van der Waals surface area contributed by atoms with Crippen molar-refractivity contribution in [3.8, 4) is 11.5 Å². The number of nitrogens with zero attached hydrogens (tertiary/aromatic N) is 2. The van der Waals surface area contributed by atoms with Crippen molar-refractivity contribution in [2.24, 2.45) is 0 Å². The van der Waals surface area contributed by atoms with Gasteiger partial charge >= 0.3 is 0 Å². The topological polar surface area (TPSA) is 45.2 Å². The Morgan fingerprint density at radius 1 is 0.882 bits per heavy atom. The Labute approximate surface area is 206 Å². The summed E-state index contributed by atoms with van der Waals surface area (Å²) in [6.07, 6.45) is 2.46. The zero-order chi connectivity index (χ0) is 24.6. The van der Waals surface area contributed by atoms with Gasteiger partial charge in [0.1, 0.15) is 24.7 Å². The predicted octanol–water partition coefficient (Wildman–Crippen LogP) is 5.29. The molecule has 0 aliphatic carbocycles. The lowest BCUT2D eigenvalue weighted by atomic mass is 9.96. The molecule has 0 saturated carbocycles. The fourth-order valence-electron chi connectivity index (χ4n) is 4.72. The second-order valence-corrected chi connectivity index (χ2v) is 10.4. The minimum Gasteiger partial charge on any atom is -0.492 e. The molecule has 1 atom stereocenters. The molecule has 0 aromatic heterocycles. The van der Waals surface area contributed by atoms with Crippen molar-refractivity contribution in [1.29, 1.82) is 0 Å². The van der Waals surface area contributed by atoms with Crippen LogP contribution in [0.3, 0.4) is 0 Å². The fraction of sp³-hybridized carbons (Fsp3) is 0.586. The molecular formula is C29H44N2O3. The van der Waals surface area contributed by atoms with Crippen LogP contribution in [0.25, 0.3) is 0 Å². The molecule has 1 heterocycles. The normalized spacial score (nSPS) is 19.6. The third kappa shape index (κ3) is 8.30. The molecule has 0 unspecified atom stereocenters. The average molecular weight is 469 g/mol. The molecule has 0 bridgehead atoms. The summed E-state index contributed by atoms with van der Waals surface area (Å²) in [5.41, 5.74) is 1.72. The van der Waals surface area contributed by atoms with E-state index >= 15 is 0 Å². The van der Waals surface area contributed by atoms with Gasteiger partial charge in [-0.05, 0) is 90.3 Å². The molecule has 0 spiro atoms. The van der Waals surface area contributed by atoms with Crippen LogP contribution in [0.4, 0.5) is 0 Å². The molecule has 1 fully saturated rings. The Hall–Kier alpha value is -2.08. The molecule has 3 rings (SSSR count). The molecule has 1 saturated heterocycles. The van der Waals surface area contributed by atoms with Crippen LogP contribution in [-0.2, 0) is 6.54 Å². The third-order valence-corrected chi connectivity index (χ3v) is 6.81. The standard InChI is InChI=1S/C29H44N2O3/c1-23(2)31(24(3)4)19-20-33-27-13-9-26(10-14-27)21-30-17-6-15-29(32,16-18-30)22-34-28-11-7-25(5)8-12-28/h7-14,23-24,32H,6,15-22H2,1-5H3/t29-/m1/s1. The van der Waals surface area contributed by atoms with E-state index in [-0.39, 0.29) is 0 Å². The van der Waals surface area contributed by atoms with Gasteiger partial charge in [-0.15, -0.1) is 0 Å². The van der Waals surface area contributed by atoms with E-state index in [2.05, 4.69) is 68.7 Å². The number of hydrogen-bond acceptors (Lipinski definition) is 5. The Morgan fingerprint density at radius 2 is 1.50 bits per heavy atom. The van der Waals surface area contributed by atoms with Crippen LogP contribution < -0.4 is 9.47 Å². The van der Waals surface area contributed by atoms with E-state index in [0.29, 0.717) is 25.3 Å². The van der Waals surface area contributed by atoms with Crippen molar-refractivity contribution in [2.75, 3.05) is 32.8 Å². The summed E-state index contributed by atoms with van der Waals surface area (Å²) in [5.74, 6) is 1.75. The molecule has 5 nitrogen and oxygen atoms in total. The molecule has 0 radical (unpaired) electrons. The van der Waals surface area contributed by atoms with E-state index < -0.39 is 5.60 Å². The maximum Gasteiger partial charge on any atom is 0.119 e. The summed E-state index contributed by atoms with van der Waals surface area (Å²) in [5, 5.41) is 11.1. The summed E-state index contributed by atoms with van der Waals surface area (Å²) in [4.78, 5) is 4.88. The number of likely N-dealkylation sites (tertiary alicyclic amines) is 1. The van der Waals surface area contributed by atoms with E-state index in [0.717, 1.165) is 56.9 Å². The van der Waals surface area contributed by atoms with Gasteiger partial charge in [-0.2, -0.15) is 0 Å². The zero-order valence-electron chi connectivity index (χ0n) is 21.8. The van der Waals surface area contributed by atoms with Gasteiger partial charge in [0.15, 0.2) is 0 Å². The van der Waals surface area contributed by atoms with Crippen molar-refractivity contribution in [2.45, 2.75) is 78.1 Å². The van der Waals surface area contributed by atoms with E-state index in [9.17, 15) is 5.11 Å². The van der Waals surface area contributed by atoms with Crippen LogP contribution in [0, 0.1) is 6.92 Å². The molecule has 0 amide bonds. The number of ether oxygens (including phenoxy) is 2. The molecular weight excluding hydrogens is 424 g/mol. The molecule has 188 valence electrons. The van der Waals surface area contributed by atoms with E-state index in [1.54, 1.807) is 0 Å². The third-order valence-electron chi connectivity index (χ3n) is 6.81. The Kier molecular flexibility index (Phi) is 9.81. The lowest BCUT2D eigenvalue weighted by Crippen LogP contribution is -2.39. The number of aryl methyl sites for hydroxylation is 1. The zero-order valence-corrected chi connectivity index (χ0v) is 21.8. The highest BCUT2D eigenvalue weighted by Gasteiger charge is 2.31. The van der Waals surface area contributed by atoms with E-state index in [4.69, 9.17) is 9.47 Å². The summed E-state index contributed by atoms with van der Waals surface area (Å²) in [6, 6.07) is 17.5. The molecule has 2 aromatic carbocycles. The van der Waals surface area contributed by atoms with Crippen molar-refractivity contribution in [3.63, 3.8) is 0 Å². The monoisotopic (exact) mass is 468 g/mol. The molecule has 2 aromatic rings. The molecule has 34 heavy (non-hydrogen) atoms. The maximum absolute atomic E-state index is 11.1. The van der Waals surface area contributed by atoms with Gasteiger partial charge in [0.25, 0.3) is 0 Å². The van der Waals surface area contributed by atoms with Crippen LogP contribution in [0.15, 0.2) is 48.5 Å². The molecule has 1 aliphatic rings. The van der Waals surface area contributed by atoms with Crippen molar-refractivity contribution < 1.29 is 14.6 Å². The Balaban J connectivity index is 1.43. The van der Waals surface area contributed by atoms with Crippen LogP contribution >= 0.6 is 0 Å². The lowest BCUT2D eigenvalue weighted by molar-refractivity contribution is -0.0168. The number of benzene rings is 2. The van der Waals surface area contributed by atoms with Crippen molar-refractivity contribution >= 4 is 0 Å². The maximum atomic E-state index is 11.1. The predicted molar refractivity (Wildman–Crippen MR) is 140 cm³/mol. The highest BCUT2D eigenvalue weighted by atomic mass is 16.5. The Bertz CT molecular complexity index is 843. The van der Waals surface area contributed by atoms with Crippen LogP contribution in [0.5, 0.6) is 11.5 Å². The number of hydrogen-bond donors (Lipinski definition) is 1. The van der Waals surface area contributed by atoms with Gasteiger partial charge in [-0.1, -0.05) is 29.8 Å². The highest BCUT2D eigenvalue weighted by molar-refractivity contribution is 5.27. The minimum atomic E-state index is -0.767. The van der Waals surface area contributed by atoms with Crippen LogP contribution in [0.1, 0.15) is 58.1 Å². The summed E-state index contributed by atoms with van der Waals surface area (Å²) < 4.78 is 11.9. The summed E-state index contributed by atoms with van der Waals surface area (Å²) >= 11 is 0. The Morgan fingerprint density at radius 3 is 2.15 bits per heavy atom.